The highest BCUT2D eigenvalue weighted by Crippen LogP contribution is 2.33. The Bertz CT molecular complexity index is 2410. The fraction of sp³-hybridized carbons (Fsp3) is 0. The molecular formula is C37H23N5O2. The van der Waals surface area contributed by atoms with E-state index in [2.05, 4.69) is 0 Å². The molecule has 7 nitrogen and oxygen atoms in total. The van der Waals surface area contributed by atoms with Gasteiger partial charge in [0, 0.05) is 22.1 Å². The second kappa shape index (κ2) is 10.3. The van der Waals surface area contributed by atoms with Gasteiger partial charge in [-0.25, -0.2) is 9.55 Å². The maximum absolute atomic E-state index is 14.6. The molecule has 7 heteroatoms. The third kappa shape index (κ3) is 4.02. The van der Waals surface area contributed by atoms with E-state index in [1.165, 1.54) is 4.57 Å². The molecule has 5 aromatic carbocycles. The smallest absolute Gasteiger partial charge is 0.268 e. The minimum atomic E-state index is -0.336. The van der Waals surface area contributed by atoms with E-state index in [0.29, 0.717) is 33.6 Å². The van der Waals surface area contributed by atoms with Crippen molar-refractivity contribution in [2.24, 2.45) is 0 Å². The number of hydrogen-bond acceptors (Lipinski definition) is 5. The van der Waals surface area contributed by atoms with Crippen molar-refractivity contribution in [1.82, 2.24) is 23.9 Å². The van der Waals surface area contributed by atoms with Gasteiger partial charge in [0.05, 0.1) is 10.9 Å². The van der Waals surface area contributed by atoms with Crippen LogP contribution in [0.1, 0.15) is 0 Å². The monoisotopic (exact) mass is 569 g/mol. The lowest BCUT2D eigenvalue weighted by Gasteiger charge is -2.19. The molecular weight excluding hydrogens is 546 g/mol. The number of pyridine rings is 1. The predicted molar refractivity (Wildman–Crippen MR) is 174 cm³/mol. The average Bonchev–Trinajstić information content (AvgIpc) is 3.09. The quantitative estimate of drug-likeness (QED) is 0.169. The molecule has 44 heavy (non-hydrogen) atoms. The first kappa shape index (κ1) is 25.5. The van der Waals surface area contributed by atoms with Crippen LogP contribution in [0.5, 0.6) is 0 Å². The first-order chi connectivity index (χ1) is 21.7. The molecule has 0 N–H and O–H groups in total. The van der Waals surface area contributed by atoms with Gasteiger partial charge in [-0.1, -0.05) is 121 Å². The van der Waals surface area contributed by atoms with E-state index in [1.54, 1.807) is 22.6 Å². The van der Waals surface area contributed by atoms with E-state index in [9.17, 15) is 9.59 Å². The summed E-state index contributed by atoms with van der Waals surface area (Å²) in [6.07, 6.45) is 0. The Labute approximate surface area is 251 Å². The Morgan fingerprint density at radius 2 is 0.909 bits per heavy atom. The van der Waals surface area contributed by atoms with Gasteiger partial charge in [0.25, 0.3) is 11.1 Å². The second-order valence-corrected chi connectivity index (χ2v) is 10.4. The summed E-state index contributed by atoms with van der Waals surface area (Å²) in [7, 11) is 0. The molecule has 0 atom stereocenters. The minimum absolute atomic E-state index is 0.123. The molecule has 0 aliphatic heterocycles. The number of nitrogens with zero attached hydrogens (tertiary/aromatic N) is 5. The molecule has 0 amide bonds. The summed E-state index contributed by atoms with van der Waals surface area (Å²) in [6.45, 7) is 0. The normalized spacial score (nSPS) is 11.4. The van der Waals surface area contributed by atoms with Crippen molar-refractivity contribution >= 4 is 27.3 Å². The van der Waals surface area contributed by atoms with Crippen LogP contribution >= 0.6 is 0 Å². The average molecular weight is 570 g/mol. The van der Waals surface area contributed by atoms with Gasteiger partial charge in [-0.15, -0.1) is 0 Å². The molecule has 0 bridgehead atoms. The largest absolute Gasteiger partial charge is 0.268 e. The summed E-state index contributed by atoms with van der Waals surface area (Å²) in [5, 5.41) is 1.65. The SMILES string of the molecule is O=c1c2ccccc2n2c(=O)c3ccccc3c(-c3ccccc3)c2n1-c1nc(-c2ccccc2)nc(-c2ccccc2)n1. The van der Waals surface area contributed by atoms with Crippen molar-refractivity contribution in [3.8, 4) is 39.9 Å². The Kier molecular flexibility index (Phi) is 5.94. The summed E-state index contributed by atoms with van der Waals surface area (Å²) in [6, 6.07) is 43.6. The molecule has 0 aliphatic carbocycles. The lowest BCUT2D eigenvalue weighted by Crippen LogP contribution is -2.29. The zero-order valence-electron chi connectivity index (χ0n) is 23.3. The van der Waals surface area contributed by atoms with Crippen molar-refractivity contribution in [2.75, 3.05) is 0 Å². The molecule has 0 unspecified atom stereocenters. The third-order valence-electron chi connectivity index (χ3n) is 7.81. The molecule has 0 aliphatic rings. The van der Waals surface area contributed by atoms with E-state index in [-0.39, 0.29) is 17.1 Å². The molecule has 208 valence electrons. The standard InChI is InChI=1S/C37H23N5O2/c43-35-28-21-11-10-20-27(28)31(24-14-4-1-5-15-24)34-41(35)30-23-13-12-22-29(30)36(44)42(34)37-39-32(25-16-6-2-7-17-25)38-33(40-37)26-18-8-3-9-19-26/h1-23H. The maximum Gasteiger partial charge on any atom is 0.268 e. The van der Waals surface area contributed by atoms with Crippen molar-refractivity contribution in [2.45, 2.75) is 0 Å². The van der Waals surface area contributed by atoms with Crippen LogP contribution in [0.4, 0.5) is 0 Å². The van der Waals surface area contributed by atoms with Crippen LogP contribution in [0, 0.1) is 0 Å². The maximum atomic E-state index is 14.6. The van der Waals surface area contributed by atoms with Crippen molar-refractivity contribution < 1.29 is 0 Å². The van der Waals surface area contributed by atoms with Crippen LogP contribution in [-0.2, 0) is 0 Å². The number of para-hydroxylation sites is 1. The van der Waals surface area contributed by atoms with Crippen molar-refractivity contribution in [3.63, 3.8) is 0 Å². The van der Waals surface area contributed by atoms with Crippen LogP contribution in [-0.4, -0.2) is 23.9 Å². The first-order valence-electron chi connectivity index (χ1n) is 14.2. The highest BCUT2D eigenvalue weighted by atomic mass is 16.1. The van der Waals surface area contributed by atoms with Gasteiger partial charge in [-0.3, -0.25) is 14.0 Å². The van der Waals surface area contributed by atoms with Crippen LogP contribution in [0.15, 0.2) is 149 Å². The molecule has 0 saturated heterocycles. The fourth-order valence-corrected chi connectivity index (χ4v) is 5.81. The van der Waals surface area contributed by atoms with E-state index in [0.717, 1.165) is 27.6 Å². The summed E-state index contributed by atoms with van der Waals surface area (Å²) < 4.78 is 3.09. The summed E-state index contributed by atoms with van der Waals surface area (Å²) >= 11 is 0. The number of aromatic nitrogens is 5. The van der Waals surface area contributed by atoms with Crippen LogP contribution in [0.25, 0.3) is 67.2 Å². The highest BCUT2D eigenvalue weighted by Gasteiger charge is 2.23. The van der Waals surface area contributed by atoms with E-state index in [1.807, 2.05) is 121 Å². The fourth-order valence-electron chi connectivity index (χ4n) is 5.81. The number of benzene rings is 5. The summed E-state index contributed by atoms with van der Waals surface area (Å²) in [4.78, 5) is 43.6. The number of hydrogen-bond donors (Lipinski definition) is 0. The third-order valence-corrected chi connectivity index (χ3v) is 7.81. The van der Waals surface area contributed by atoms with Crippen LogP contribution < -0.4 is 11.1 Å². The van der Waals surface area contributed by atoms with Gasteiger partial charge in [-0.05, 0) is 29.1 Å². The molecule has 8 aromatic rings. The van der Waals surface area contributed by atoms with Crippen LogP contribution in [0.3, 0.4) is 0 Å². The van der Waals surface area contributed by atoms with Gasteiger partial charge in [0.1, 0.15) is 5.65 Å². The molecule has 3 heterocycles. The zero-order valence-corrected chi connectivity index (χ0v) is 23.3. The van der Waals surface area contributed by atoms with Gasteiger partial charge in [0.2, 0.25) is 5.95 Å². The van der Waals surface area contributed by atoms with Gasteiger partial charge >= 0.3 is 0 Å². The molecule has 8 rings (SSSR count). The Morgan fingerprint density at radius 1 is 0.432 bits per heavy atom. The Balaban J connectivity index is 1.62. The lowest BCUT2D eigenvalue weighted by molar-refractivity contribution is 0.878. The van der Waals surface area contributed by atoms with Gasteiger partial charge in [0.15, 0.2) is 11.6 Å². The van der Waals surface area contributed by atoms with Crippen LogP contribution in [0.2, 0.25) is 0 Å². The molecule has 0 saturated carbocycles. The Hall–Kier alpha value is -6.21. The number of rotatable bonds is 4. The topological polar surface area (TPSA) is 82.1 Å². The lowest BCUT2D eigenvalue weighted by atomic mass is 9.99. The Morgan fingerprint density at radius 3 is 1.50 bits per heavy atom. The molecule has 3 aromatic heterocycles. The first-order valence-corrected chi connectivity index (χ1v) is 14.2. The zero-order chi connectivity index (χ0) is 29.6. The number of fused-ring (bicyclic) bond motifs is 4. The summed E-state index contributed by atoms with van der Waals surface area (Å²) in [5.41, 5.74) is 3.45. The predicted octanol–water partition coefficient (Wildman–Crippen LogP) is 6.94. The van der Waals surface area contributed by atoms with E-state index < -0.39 is 0 Å². The molecule has 0 fully saturated rings. The van der Waals surface area contributed by atoms with Gasteiger partial charge in [-0.2, -0.15) is 9.97 Å². The van der Waals surface area contributed by atoms with Crippen molar-refractivity contribution in [1.29, 1.82) is 0 Å². The summed E-state index contributed by atoms with van der Waals surface area (Å²) in [5.74, 6) is 0.951. The highest BCUT2D eigenvalue weighted by molar-refractivity contribution is 6.04. The molecule has 0 radical (unpaired) electrons. The minimum Gasteiger partial charge on any atom is -0.268 e. The van der Waals surface area contributed by atoms with Gasteiger partial charge < -0.3 is 0 Å². The second-order valence-electron chi connectivity index (χ2n) is 10.4. The van der Waals surface area contributed by atoms with E-state index in [4.69, 9.17) is 15.0 Å². The molecule has 0 spiro atoms. The van der Waals surface area contributed by atoms with E-state index >= 15 is 0 Å². The van der Waals surface area contributed by atoms with Crippen molar-refractivity contribution in [3.05, 3.63) is 160 Å².